The summed E-state index contributed by atoms with van der Waals surface area (Å²) in [5, 5.41) is 0.690. The van der Waals surface area contributed by atoms with E-state index in [0.717, 1.165) is 0 Å². The van der Waals surface area contributed by atoms with Crippen LogP contribution in [-0.4, -0.2) is 180 Å². The smallest absolute Gasteiger partial charge is 0.112 e. The molecule has 0 spiro atoms. The van der Waals surface area contributed by atoms with Gasteiger partial charge in [0.25, 0.3) is 0 Å². The molecule has 1 unspecified atom stereocenters. The van der Waals surface area contributed by atoms with Gasteiger partial charge in [0.05, 0.1) is 0 Å². The van der Waals surface area contributed by atoms with Gasteiger partial charge in [-0.1, -0.05) is 60.1 Å². The maximum absolute atomic E-state index is 7.15. The second-order valence-corrected chi connectivity index (χ2v) is 14.2. The van der Waals surface area contributed by atoms with E-state index in [0.29, 0.717) is 0 Å². The van der Waals surface area contributed by atoms with Crippen LogP contribution in [0.25, 0.3) is 54.7 Å². The molecule has 23 heteroatoms. The monoisotopic (exact) mass is 674 g/mol. The second-order valence-electron chi connectivity index (χ2n) is 14.2. The van der Waals surface area contributed by atoms with Gasteiger partial charge in [-0.3, -0.25) is 0 Å². The minimum atomic E-state index is -1.23. The van der Waals surface area contributed by atoms with Crippen LogP contribution in [0.5, 0.6) is 0 Å². The molecule has 0 nitrogen and oxygen atoms in total. The first-order valence-corrected chi connectivity index (χ1v) is 17.0. The van der Waals surface area contributed by atoms with Crippen molar-refractivity contribution in [2.75, 3.05) is 0 Å². The van der Waals surface area contributed by atoms with E-state index in [1.165, 1.54) is 0 Å². The molecule has 210 valence electrons. The number of benzene rings is 6. The van der Waals surface area contributed by atoms with Crippen LogP contribution in [0.15, 0.2) is 0 Å². The Bertz CT molecular complexity index is 2960. The molecule has 0 fully saturated rings. The standard InChI is InChI=1S/C35HB23/c36-13-7(14(37)10-9(13)15(38)11(21(44)20(10)43)12-24(47)32(55)35(58)33(56)25(12)48)1-3-5(18(41)28(51)26(49)16(3)39)2(6-4(1)17(40)27(50)29(52)19(6)42)8-22(45)30(53)34(57)31(54)23(8)46/h7H. The van der Waals surface area contributed by atoms with Crippen LogP contribution in [-0.2, 0) is 0 Å². The highest BCUT2D eigenvalue weighted by atomic mass is 14.3. The van der Waals surface area contributed by atoms with Gasteiger partial charge >= 0.3 is 0 Å². The summed E-state index contributed by atoms with van der Waals surface area (Å²) in [6.07, 6.45) is 0. The van der Waals surface area contributed by atoms with E-state index in [2.05, 4.69) is 0 Å². The van der Waals surface area contributed by atoms with Crippen molar-refractivity contribution in [2.24, 2.45) is 0 Å². The van der Waals surface area contributed by atoms with Crippen molar-refractivity contribution in [1.82, 2.24) is 0 Å². The van der Waals surface area contributed by atoms with E-state index < -0.39 is 5.92 Å². The maximum Gasteiger partial charge on any atom is 0.115 e. The average molecular weight is 670 g/mol. The molecule has 0 saturated carbocycles. The van der Waals surface area contributed by atoms with Crippen molar-refractivity contribution in [2.45, 2.75) is 5.92 Å². The molecule has 0 aromatic heterocycles. The summed E-state index contributed by atoms with van der Waals surface area (Å²) in [4.78, 5) is 0. The zero-order chi connectivity index (χ0) is 43.2. The molecule has 0 N–H and O–H groups in total. The van der Waals surface area contributed by atoms with Gasteiger partial charge in [0.15, 0.2) is 0 Å². The van der Waals surface area contributed by atoms with Crippen molar-refractivity contribution in [3.05, 3.63) is 16.0 Å². The van der Waals surface area contributed by atoms with Crippen LogP contribution in [0.4, 0.5) is 0 Å². The largest absolute Gasteiger partial charge is 0.115 e. The molecule has 0 aliphatic heterocycles. The third-order valence-electron chi connectivity index (χ3n) is 11.4. The second kappa shape index (κ2) is 14.6. The number of hydrogen-bond donors (Lipinski definition) is 0. The van der Waals surface area contributed by atoms with Gasteiger partial charge in [-0.25, -0.2) is 0 Å². The fraction of sp³-hybridized carbons (Fsp3) is 0.0286. The Balaban J connectivity index is 1.80. The molecule has 46 radical (unpaired) electrons. The topological polar surface area (TPSA) is 0 Å². The summed E-state index contributed by atoms with van der Waals surface area (Å²) < 4.78 is 0. The highest BCUT2D eigenvalue weighted by Crippen LogP contribution is 2.42. The van der Waals surface area contributed by atoms with Crippen molar-refractivity contribution >= 4 is 328 Å². The fourth-order valence-corrected chi connectivity index (χ4v) is 8.21. The number of fused-ring (bicyclic) bond motifs is 3. The van der Waals surface area contributed by atoms with Crippen molar-refractivity contribution in [3.63, 3.8) is 0 Å². The zero-order valence-electron chi connectivity index (χ0n) is 30.9. The summed E-state index contributed by atoms with van der Waals surface area (Å²) in [6.45, 7) is 0. The summed E-state index contributed by atoms with van der Waals surface area (Å²) in [7, 11) is 152. The van der Waals surface area contributed by atoms with E-state index in [9.17, 15) is 0 Å². The lowest BCUT2D eigenvalue weighted by molar-refractivity contribution is 1.25. The molecule has 6 aromatic carbocycles. The van der Waals surface area contributed by atoms with Gasteiger partial charge in [-0.2, -0.15) is 0 Å². The first-order chi connectivity index (χ1) is 26.9. The molecule has 1 aliphatic rings. The van der Waals surface area contributed by atoms with Crippen LogP contribution in [0, 0.1) is 0 Å². The Labute approximate surface area is 369 Å². The van der Waals surface area contributed by atoms with Crippen LogP contribution < -0.4 is 125 Å². The van der Waals surface area contributed by atoms with Crippen molar-refractivity contribution < 1.29 is 0 Å². The molecular formula is C35HB23. The highest BCUT2D eigenvalue weighted by molar-refractivity contribution is 6.74. The van der Waals surface area contributed by atoms with Crippen LogP contribution in [0.2, 0.25) is 0 Å². The molecule has 0 saturated heterocycles. The Kier molecular flexibility index (Phi) is 10.9. The minimum Gasteiger partial charge on any atom is -0.112 e. The lowest BCUT2D eigenvalue weighted by atomic mass is 9.55. The van der Waals surface area contributed by atoms with Gasteiger partial charge in [0.2, 0.25) is 0 Å². The summed E-state index contributed by atoms with van der Waals surface area (Å²) >= 11 is 0. The van der Waals surface area contributed by atoms with Gasteiger partial charge < -0.3 is 0 Å². The third kappa shape index (κ3) is 5.55. The van der Waals surface area contributed by atoms with Crippen molar-refractivity contribution in [3.8, 4) is 22.3 Å². The molecular weight excluding hydrogens is 669 g/mol. The first-order valence-electron chi connectivity index (χ1n) is 17.0. The van der Waals surface area contributed by atoms with Crippen LogP contribution >= 0.6 is 0 Å². The van der Waals surface area contributed by atoms with Gasteiger partial charge in [-0.05, 0) is 59.8 Å². The van der Waals surface area contributed by atoms with E-state index in [1.54, 1.807) is 0 Å². The fourth-order valence-electron chi connectivity index (χ4n) is 8.21. The summed E-state index contributed by atoms with van der Waals surface area (Å²) in [5.74, 6) is -1.23. The van der Waals surface area contributed by atoms with E-state index in [-0.39, 0.29) is 185 Å². The maximum atomic E-state index is 7.15. The first kappa shape index (κ1) is 43.2. The summed E-state index contributed by atoms with van der Waals surface area (Å²) in [5.41, 5.74) is -1.55. The third-order valence-corrected chi connectivity index (χ3v) is 11.4. The quantitative estimate of drug-likeness (QED) is 0.130. The predicted molar refractivity (Wildman–Crippen MR) is 272 cm³/mol. The average Bonchev–Trinajstić information content (AvgIpc) is 3.45. The molecule has 1 atom stereocenters. The van der Waals surface area contributed by atoms with Crippen LogP contribution in [0.1, 0.15) is 11.5 Å². The molecule has 1 aliphatic carbocycles. The van der Waals surface area contributed by atoms with Crippen LogP contribution in [0.3, 0.4) is 0 Å². The Morgan fingerprint density at radius 1 is 0.190 bits per heavy atom. The number of hydrogen-bond acceptors (Lipinski definition) is 0. The molecule has 6 aromatic rings. The SMILES string of the molecule is [B]C1=c2c([B])c([B])c(-c3c([B])c([B])c([B])c([B])c3[B])c([B])c2=C([B])C1c1c2c([B])c([B])c([B])c([B])c2c(-c2c([B])c([B])c([B])c([B])c2[B])c2c([B])c([B])c([B])c([B])c12. The van der Waals surface area contributed by atoms with Gasteiger partial charge in [0.1, 0.15) is 180 Å². The molecule has 7 rings (SSSR count). The lowest BCUT2D eigenvalue weighted by Gasteiger charge is -2.33. The van der Waals surface area contributed by atoms with Crippen molar-refractivity contribution in [1.29, 1.82) is 0 Å². The molecule has 0 heterocycles. The Morgan fingerprint density at radius 3 is 0.759 bits per heavy atom. The Hall–Kier alpha value is -2.93. The number of rotatable bonds is 3. The normalized spacial score (nSPS) is 13.8. The zero-order valence-corrected chi connectivity index (χ0v) is 30.9. The lowest BCUT2D eigenvalue weighted by Crippen LogP contribution is -2.60. The summed E-state index contributed by atoms with van der Waals surface area (Å²) in [6, 6.07) is 0. The molecule has 0 bridgehead atoms. The predicted octanol–water partition coefficient (Wildman–Crippen LogP) is -18.7. The van der Waals surface area contributed by atoms with Gasteiger partial charge in [0, 0.05) is 5.92 Å². The Morgan fingerprint density at radius 2 is 0.414 bits per heavy atom. The molecule has 0 amide bonds. The van der Waals surface area contributed by atoms with E-state index >= 15 is 0 Å². The van der Waals surface area contributed by atoms with E-state index in [1.807, 2.05) is 0 Å². The molecule has 58 heavy (non-hydrogen) atoms. The van der Waals surface area contributed by atoms with Gasteiger partial charge in [-0.15, -0.1) is 65.6 Å². The minimum absolute atomic E-state index is 0.00330. The highest BCUT2D eigenvalue weighted by Gasteiger charge is 2.33. The van der Waals surface area contributed by atoms with E-state index in [4.69, 9.17) is 180 Å².